The number of nitrogens with two attached hydrogens (primary N) is 1. The average Bonchev–Trinajstić information content (AvgIpc) is 2.71. The molecule has 21 heavy (non-hydrogen) atoms. The Hall–Kier alpha value is -0.390. The van der Waals surface area contributed by atoms with Crippen LogP contribution in [-0.4, -0.2) is 27.5 Å². The molecule has 5 heteroatoms. The van der Waals surface area contributed by atoms with Gasteiger partial charge in [-0.3, -0.25) is 4.68 Å². The first-order valence-electron chi connectivity index (χ1n) is 7.86. The van der Waals surface area contributed by atoms with Gasteiger partial charge >= 0.3 is 0 Å². The number of aliphatic hydroxyl groups excluding tert-OH is 1. The van der Waals surface area contributed by atoms with Gasteiger partial charge in [-0.1, -0.05) is 27.2 Å². The van der Waals surface area contributed by atoms with Crippen molar-refractivity contribution in [2.75, 3.05) is 6.54 Å². The van der Waals surface area contributed by atoms with Crippen molar-refractivity contribution in [2.45, 2.75) is 59.0 Å². The van der Waals surface area contributed by atoms with Gasteiger partial charge in [-0.2, -0.15) is 5.10 Å². The molecule has 0 bridgehead atoms. The normalized spacial score (nSPS) is 28.8. The Kier molecular flexibility index (Phi) is 4.86. The van der Waals surface area contributed by atoms with Crippen molar-refractivity contribution in [1.29, 1.82) is 0 Å². The van der Waals surface area contributed by atoms with Crippen molar-refractivity contribution in [2.24, 2.45) is 23.6 Å². The summed E-state index contributed by atoms with van der Waals surface area (Å²) in [6.45, 7) is 6.92. The number of hydrogen-bond donors (Lipinski definition) is 2. The van der Waals surface area contributed by atoms with E-state index in [4.69, 9.17) is 5.73 Å². The number of halogens is 1. The summed E-state index contributed by atoms with van der Waals surface area (Å²) in [6, 6.07) is 0. The summed E-state index contributed by atoms with van der Waals surface area (Å²) in [4.78, 5) is 0. The molecular weight excluding hydrogens is 330 g/mol. The highest BCUT2D eigenvalue weighted by Gasteiger charge is 2.48. The molecule has 2 unspecified atom stereocenters. The van der Waals surface area contributed by atoms with E-state index >= 15 is 0 Å². The molecular formula is C16H28BrN3O. The minimum absolute atomic E-state index is 0.0731. The number of hydrogen-bond acceptors (Lipinski definition) is 3. The molecule has 3 N–H and O–H groups in total. The Morgan fingerprint density at radius 2 is 2.10 bits per heavy atom. The molecule has 4 nitrogen and oxygen atoms in total. The quantitative estimate of drug-likeness (QED) is 0.870. The highest BCUT2D eigenvalue weighted by molar-refractivity contribution is 9.10. The van der Waals surface area contributed by atoms with Gasteiger partial charge in [0, 0.05) is 19.0 Å². The van der Waals surface area contributed by atoms with Crippen LogP contribution in [0.1, 0.15) is 51.4 Å². The van der Waals surface area contributed by atoms with Gasteiger partial charge in [-0.25, -0.2) is 0 Å². The van der Waals surface area contributed by atoms with Crippen molar-refractivity contribution in [1.82, 2.24) is 9.78 Å². The summed E-state index contributed by atoms with van der Waals surface area (Å²) in [5.74, 6) is 0. The molecule has 1 saturated carbocycles. The third-order valence-electron chi connectivity index (χ3n) is 5.25. The molecule has 1 aliphatic rings. The Bertz CT molecular complexity index is 512. The number of aromatic nitrogens is 2. The number of aliphatic hydroxyl groups is 1. The van der Waals surface area contributed by atoms with Crippen molar-refractivity contribution in [3.63, 3.8) is 0 Å². The van der Waals surface area contributed by atoms with Crippen LogP contribution >= 0.6 is 15.9 Å². The van der Waals surface area contributed by atoms with E-state index in [9.17, 15) is 5.11 Å². The maximum absolute atomic E-state index is 10.9. The zero-order valence-corrected chi connectivity index (χ0v) is 15.2. The Balaban J connectivity index is 2.37. The van der Waals surface area contributed by atoms with Gasteiger partial charge < -0.3 is 10.8 Å². The molecule has 0 aromatic carbocycles. The number of aryl methyl sites for hydroxylation is 2. The van der Waals surface area contributed by atoms with Crippen molar-refractivity contribution in [3.8, 4) is 0 Å². The van der Waals surface area contributed by atoms with E-state index in [2.05, 4.69) is 41.8 Å². The lowest BCUT2D eigenvalue weighted by atomic mass is 9.59. The molecule has 1 aromatic heterocycles. The fourth-order valence-electron chi connectivity index (χ4n) is 3.81. The monoisotopic (exact) mass is 357 g/mol. The second-order valence-corrected chi connectivity index (χ2v) is 7.97. The van der Waals surface area contributed by atoms with Crippen molar-refractivity contribution in [3.05, 3.63) is 15.9 Å². The van der Waals surface area contributed by atoms with E-state index in [0.717, 1.165) is 48.0 Å². The highest BCUT2D eigenvalue weighted by Crippen LogP contribution is 2.48. The molecule has 0 radical (unpaired) electrons. The minimum atomic E-state index is -0.379. The molecule has 0 spiro atoms. The van der Waals surface area contributed by atoms with Crippen LogP contribution < -0.4 is 5.73 Å². The maximum atomic E-state index is 10.9. The van der Waals surface area contributed by atoms with Crippen LogP contribution in [0.5, 0.6) is 0 Å². The van der Waals surface area contributed by atoms with Crippen molar-refractivity contribution >= 4 is 15.9 Å². The third kappa shape index (κ3) is 2.92. The zero-order valence-electron chi connectivity index (χ0n) is 13.6. The van der Waals surface area contributed by atoms with Crippen LogP contribution in [0.3, 0.4) is 0 Å². The second-order valence-electron chi connectivity index (χ2n) is 7.17. The number of rotatable bonds is 4. The molecule has 1 aromatic rings. The van der Waals surface area contributed by atoms with Crippen LogP contribution in [0.4, 0.5) is 0 Å². The van der Waals surface area contributed by atoms with E-state index in [1.165, 1.54) is 0 Å². The highest BCUT2D eigenvalue weighted by atomic mass is 79.9. The lowest BCUT2D eigenvalue weighted by Crippen LogP contribution is -2.53. The Morgan fingerprint density at radius 3 is 2.62 bits per heavy atom. The van der Waals surface area contributed by atoms with E-state index < -0.39 is 0 Å². The molecule has 120 valence electrons. The molecule has 1 heterocycles. The molecule has 0 aliphatic heterocycles. The molecule has 2 atom stereocenters. The van der Waals surface area contributed by atoms with Gasteiger partial charge in [0.15, 0.2) is 0 Å². The van der Waals surface area contributed by atoms with Gasteiger partial charge in [0.05, 0.1) is 22.0 Å². The molecule has 1 fully saturated rings. The minimum Gasteiger partial charge on any atom is -0.392 e. The first kappa shape index (κ1) is 17.0. The van der Waals surface area contributed by atoms with Crippen LogP contribution in [0.25, 0.3) is 0 Å². The summed E-state index contributed by atoms with van der Waals surface area (Å²) >= 11 is 3.69. The van der Waals surface area contributed by atoms with Crippen LogP contribution in [-0.2, 0) is 19.9 Å². The lowest BCUT2D eigenvalue weighted by Gasteiger charge is -2.49. The predicted octanol–water partition coefficient (Wildman–Crippen LogP) is 2.80. The van der Waals surface area contributed by atoms with Crippen LogP contribution in [0.2, 0.25) is 0 Å². The summed E-state index contributed by atoms with van der Waals surface area (Å²) in [5, 5.41) is 15.5. The molecule has 1 aliphatic carbocycles. The fourth-order valence-corrected chi connectivity index (χ4v) is 4.57. The number of nitrogens with zero attached hydrogens (tertiary/aromatic N) is 2. The summed E-state index contributed by atoms with van der Waals surface area (Å²) in [6.07, 6.45) is 4.46. The smallest absolute Gasteiger partial charge is 0.0766 e. The largest absolute Gasteiger partial charge is 0.392 e. The van der Waals surface area contributed by atoms with Crippen LogP contribution in [0.15, 0.2) is 4.47 Å². The zero-order chi connectivity index (χ0) is 15.8. The summed E-state index contributed by atoms with van der Waals surface area (Å²) < 4.78 is 3.02. The molecule has 0 amide bonds. The SMILES string of the molecule is CCc1nn(C)c(CC2(CN)CCCC(C)(C)C2O)c1Br. The first-order valence-corrected chi connectivity index (χ1v) is 8.65. The Morgan fingerprint density at radius 1 is 1.43 bits per heavy atom. The summed E-state index contributed by atoms with van der Waals surface area (Å²) in [5.41, 5.74) is 8.03. The predicted molar refractivity (Wildman–Crippen MR) is 89.1 cm³/mol. The van der Waals surface area contributed by atoms with E-state index in [1.807, 2.05) is 11.7 Å². The molecule has 0 saturated heterocycles. The lowest BCUT2D eigenvalue weighted by molar-refractivity contribution is -0.0892. The first-order chi connectivity index (χ1) is 9.77. The second kappa shape index (κ2) is 6.01. The van der Waals surface area contributed by atoms with E-state index in [1.54, 1.807) is 0 Å². The van der Waals surface area contributed by atoms with Crippen molar-refractivity contribution < 1.29 is 5.11 Å². The topological polar surface area (TPSA) is 64.1 Å². The van der Waals surface area contributed by atoms with Gasteiger partial charge in [-0.05, 0) is 47.0 Å². The third-order valence-corrected chi connectivity index (χ3v) is 6.16. The average molecular weight is 358 g/mol. The van der Waals surface area contributed by atoms with Gasteiger partial charge in [-0.15, -0.1) is 0 Å². The van der Waals surface area contributed by atoms with Crippen LogP contribution in [0, 0.1) is 10.8 Å². The van der Waals surface area contributed by atoms with E-state index in [0.29, 0.717) is 6.54 Å². The van der Waals surface area contributed by atoms with Gasteiger partial charge in [0.2, 0.25) is 0 Å². The maximum Gasteiger partial charge on any atom is 0.0766 e. The summed E-state index contributed by atoms with van der Waals surface area (Å²) in [7, 11) is 1.98. The standard InChI is InChI=1S/C16H28BrN3O/c1-5-11-13(17)12(20(4)19-11)9-16(10-18)8-6-7-15(2,3)14(16)21/h14,21H,5-10,18H2,1-4H3. The fraction of sp³-hybridized carbons (Fsp3) is 0.812. The molecule has 2 rings (SSSR count). The Labute approximate surface area is 136 Å². The van der Waals surface area contributed by atoms with Gasteiger partial charge in [0.1, 0.15) is 0 Å². The van der Waals surface area contributed by atoms with Gasteiger partial charge in [0.25, 0.3) is 0 Å². The van der Waals surface area contributed by atoms with E-state index in [-0.39, 0.29) is 16.9 Å².